The summed E-state index contributed by atoms with van der Waals surface area (Å²) < 4.78 is 0. The van der Waals surface area contributed by atoms with Crippen LogP contribution < -0.4 is 0 Å². The Labute approximate surface area is 196 Å². The van der Waals surface area contributed by atoms with Crippen LogP contribution in [0.15, 0.2) is 5.16 Å². The van der Waals surface area contributed by atoms with E-state index in [1.165, 1.54) is 12.8 Å². The first kappa shape index (κ1) is 24.5. The first-order valence-corrected chi connectivity index (χ1v) is 13.4. The van der Waals surface area contributed by atoms with Crippen LogP contribution in [0.2, 0.25) is 0 Å². The molecule has 0 aromatic carbocycles. The number of hydrogen-bond acceptors (Lipinski definition) is 5. The molecule has 8 atom stereocenters. The SMILES string of the molecule is CN(C)CCCO/N=C/CCC1CC[C@@]2(O)[C@@H]3CCC4CC(O)CC[C@]4(C)[C@@H]3CC[C@]12C. The molecule has 2 N–H and O–H groups in total. The molecule has 0 aromatic rings. The van der Waals surface area contributed by atoms with Crippen molar-refractivity contribution in [2.75, 3.05) is 27.2 Å². The van der Waals surface area contributed by atoms with Gasteiger partial charge in [-0.15, -0.1) is 0 Å². The highest BCUT2D eigenvalue weighted by Gasteiger charge is 2.66. The third-order valence-electron chi connectivity index (χ3n) is 10.7. The summed E-state index contributed by atoms with van der Waals surface area (Å²) in [7, 11) is 4.15. The highest BCUT2D eigenvalue weighted by molar-refractivity contribution is 5.56. The minimum Gasteiger partial charge on any atom is -0.396 e. The lowest BCUT2D eigenvalue weighted by atomic mass is 9.43. The molecule has 184 valence electrons. The quantitative estimate of drug-likeness (QED) is 0.316. The van der Waals surface area contributed by atoms with Gasteiger partial charge in [-0.2, -0.15) is 0 Å². The second-order valence-electron chi connectivity index (χ2n) is 12.4. The minimum absolute atomic E-state index is 0.0337. The van der Waals surface area contributed by atoms with E-state index in [0.29, 0.717) is 35.7 Å². The van der Waals surface area contributed by atoms with Crippen LogP contribution >= 0.6 is 0 Å². The van der Waals surface area contributed by atoms with Gasteiger partial charge < -0.3 is 20.0 Å². The van der Waals surface area contributed by atoms with Crippen LogP contribution in [0.5, 0.6) is 0 Å². The lowest BCUT2D eigenvalue weighted by molar-refractivity contribution is -0.210. The van der Waals surface area contributed by atoms with Gasteiger partial charge in [0.2, 0.25) is 0 Å². The van der Waals surface area contributed by atoms with Crippen LogP contribution in [0, 0.1) is 34.5 Å². The van der Waals surface area contributed by atoms with E-state index in [1.807, 2.05) is 6.21 Å². The standard InChI is InChI=1S/C27H48N2O3/c1-25-13-11-22(30)19-21(25)8-9-24-23(25)12-14-26(2)20(10-15-27(24,26)31)7-5-16-28-32-18-6-17-29(3)4/h16,20-24,30-31H,5-15,17-19H2,1-4H3/b28-16+/t20?,21?,22?,23-,24-,25+,26-,27-/m1/s1. The van der Waals surface area contributed by atoms with Gasteiger partial charge in [-0.3, -0.25) is 0 Å². The van der Waals surface area contributed by atoms with E-state index in [2.05, 4.69) is 38.0 Å². The zero-order chi connectivity index (χ0) is 23.0. The number of aliphatic hydroxyl groups excluding tert-OH is 1. The van der Waals surface area contributed by atoms with Crippen molar-refractivity contribution in [3.8, 4) is 0 Å². The molecule has 0 saturated heterocycles. The topological polar surface area (TPSA) is 65.3 Å². The molecule has 4 rings (SSSR count). The van der Waals surface area contributed by atoms with E-state index in [9.17, 15) is 10.2 Å². The van der Waals surface area contributed by atoms with Gasteiger partial charge in [-0.1, -0.05) is 19.0 Å². The summed E-state index contributed by atoms with van der Waals surface area (Å²) in [5, 5.41) is 26.6. The number of oxime groups is 1. The maximum absolute atomic E-state index is 12.2. The molecule has 5 nitrogen and oxygen atoms in total. The van der Waals surface area contributed by atoms with Crippen LogP contribution in [-0.4, -0.2) is 60.3 Å². The third-order valence-corrected chi connectivity index (χ3v) is 10.7. The van der Waals surface area contributed by atoms with Gasteiger partial charge >= 0.3 is 0 Å². The van der Waals surface area contributed by atoms with Crippen LogP contribution in [-0.2, 0) is 4.84 Å². The fraction of sp³-hybridized carbons (Fsp3) is 0.963. The summed E-state index contributed by atoms with van der Waals surface area (Å²) in [5.74, 6) is 2.29. The van der Waals surface area contributed by atoms with E-state index >= 15 is 0 Å². The maximum atomic E-state index is 12.2. The van der Waals surface area contributed by atoms with Crippen molar-refractivity contribution in [2.24, 2.45) is 39.7 Å². The summed E-state index contributed by atoms with van der Waals surface area (Å²) in [6.45, 7) is 6.59. The highest BCUT2D eigenvalue weighted by atomic mass is 16.6. The van der Waals surface area contributed by atoms with Gasteiger partial charge in [-0.25, -0.2) is 0 Å². The van der Waals surface area contributed by atoms with Crippen LogP contribution in [0.3, 0.4) is 0 Å². The van der Waals surface area contributed by atoms with Crippen molar-refractivity contribution in [1.29, 1.82) is 0 Å². The molecule has 4 aliphatic carbocycles. The Kier molecular flexibility index (Phi) is 7.30. The summed E-state index contributed by atoms with van der Waals surface area (Å²) in [4.78, 5) is 7.58. The largest absolute Gasteiger partial charge is 0.396 e. The minimum atomic E-state index is -0.509. The monoisotopic (exact) mass is 448 g/mol. The van der Waals surface area contributed by atoms with Crippen molar-refractivity contribution >= 4 is 6.21 Å². The summed E-state index contributed by atoms with van der Waals surface area (Å²) in [6, 6.07) is 0. The molecule has 0 amide bonds. The molecule has 4 saturated carbocycles. The average molecular weight is 449 g/mol. The second kappa shape index (κ2) is 9.54. The zero-order valence-corrected chi connectivity index (χ0v) is 21.1. The normalized spacial score (nSPS) is 46.2. The summed E-state index contributed by atoms with van der Waals surface area (Å²) in [5.41, 5.74) is -0.162. The van der Waals surface area contributed by atoms with Gasteiger partial charge in [0.05, 0.1) is 11.7 Å². The number of fused-ring (bicyclic) bond motifs is 5. The van der Waals surface area contributed by atoms with Crippen LogP contribution in [0.4, 0.5) is 0 Å². The lowest BCUT2D eigenvalue weighted by Crippen LogP contribution is -2.62. The lowest BCUT2D eigenvalue weighted by Gasteiger charge is -2.63. The predicted molar refractivity (Wildman–Crippen MR) is 130 cm³/mol. The molecule has 3 unspecified atom stereocenters. The fourth-order valence-corrected chi connectivity index (χ4v) is 8.66. The number of rotatable bonds is 8. The number of aliphatic hydroxyl groups is 2. The molecule has 0 aromatic heterocycles. The van der Waals surface area contributed by atoms with Gasteiger partial charge in [0.1, 0.15) is 6.61 Å². The number of hydrogen-bond donors (Lipinski definition) is 2. The fourth-order valence-electron chi connectivity index (χ4n) is 8.66. The van der Waals surface area contributed by atoms with Crippen molar-refractivity contribution in [1.82, 2.24) is 4.90 Å². The Balaban J connectivity index is 1.34. The van der Waals surface area contributed by atoms with Gasteiger partial charge in [-0.05, 0) is 126 Å². The molecule has 0 spiro atoms. The molecule has 32 heavy (non-hydrogen) atoms. The van der Waals surface area contributed by atoms with Gasteiger partial charge in [0.25, 0.3) is 0 Å². The highest BCUT2D eigenvalue weighted by Crippen LogP contribution is 2.69. The summed E-state index contributed by atoms with van der Waals surface area (Å²) >= 11 is 0. The Morgan fingerprint density at radius 2 is 1.84 bits per heavy atom. The zero-order valence-electron chi connectivity index (χ0n) is 21.1. The molecule has 5 heteroatoms. The van der Waals surface area contributed by atoms with E-state index in [0.717, 1.165) is 70.8 Å². The Morgan fingerprint density at radius 3 is 2.62 bits per heavy atom. The summed E-state index contributed by atoms with van der Waals surface area (Å²) in [6.07, 6.45) is 14.8. The van der Waals surface area contributed by atoms with Crippen molar-refractivity contribution in [3.63, 3.8) is 0 Å². The van der Waals surface area contributed by atoms with Crippen LogP contribution in [0.25, 0.3) is 0 Å². The molecular formula is C27H48N2O3. The van der Waals surface area contributed by atoms with Gasteiger partial charge in [0, 0.05) is 12.8 Å². The van der Waals surface area contributed by atoms with Crippen LogP contribution in [0.1, 0.15) is 90.9 Å². The van der Waals surface area contributed by atoms with Crippen molar-refractivity contribution < 1.29 is 15.1 Å². The predicted octanol–water partition coefficient (Wildman–Crippen LogP) is 4.86. The Bertz CT molecular complexity index is 669. The molecule has 0 radical (unpaired) electrons. The van der Waals surface area contributed by atoms with E-state index in [-0.39, 0.29) is 11.5 Å². The number of nitrogens with zero attached hydrogens (tertiary/aromatic N) is 2. The first-order valence-electron chi connectivity index (χ1n) is 13.4. The van der Waals surface area contributed by atoms with Gasteiger partial charge in [0.15, 0.2) is 0 Å². The molecule has 0 heterocycles. The molecule has 4 fully saturated rings. The van der Waals surface area contributed by atoms with E-state index in [4.69, 9.17) is 4.84 Å². The second-order valence-corrected chi connectivity index (χ2v) is 12.4. The van der Waals surface area contributed by atoms with E-state index < -0.39 is 5.60 Å². The molecule has 0 bridgehead atoms. The smallest absolute Gasteiger partial charge is 0.118 e. The Morgan fingerprint density at radius 1 is 1.03 bits per heavy atom. The molecular weight excluding hydrogens is 400 g/mol. The maximum Gasteiger partial charge on any atom is 0.118 e. The van der Waals surface area contributed by atoms with Crippen molar-refractivity contribution in [2.45, 2.75) is 103 Å². The third kappa shape index (κ3) is 4.27. The molecule has 0 aliphatic heterocycles. The Hall–Kier alpha value is -0.650. The average Bonchev–Trinajstić information content (AvgIpc) is 3.01. The molecule has 4 aliphatic rings. The van der Waals surface area contributed by atoms with Crippen molar-refractivity contribution in [3.05, 3.63) is 0 Å². The van der Waals surface area contributed by atoms with E-state index in [1.54, 1.807) is 0 Å². The first-order chi connectivity index (χ1) is 15.2.